The van der Waals surface area contributed by atoms with Gasteiger partial charge in [-0.05, 0) is 6.07 Å². The lowest BCUT2D eigenvalue weighted by Crippen LogP contribution is -2.01. The number of anilines is 1. The van der Waals surface area contributed by atoms with Crippen LogP contribution in [0.3, 0.4) is 0 Å². The van der Waals surface area contributed by atoms with Crippen LogP contribution in [-0.2, 0) is 6.54 Å². The summed E-state index contributed by atoms with van der Waals surface area (Å²) in [7, 11) is 1.46. The van der Waals surface area contributed by atoms with E-state index >= 15 is 0 Å². The number of rotatable bonds is 5. The topological polar surface area (TPSA) is 90.4 Å². The van der Waals surface area contributed by atoms with Crippen molar-refractivity contribution in [2.24, 2.45) is 0 Å². The minimum absolute atomic E-state index is 0.0166. The number of nitrogens with one attached hydrogen (secondary N) is 1. The summed E-state index contributed by atoms with van der Waals surface area (Å²) in [5.41, 5.74) is 0.636. The predicted molar refractivity (Wildman–Crippen MR) is 63.5 cm³/mol. The molecule has 2 rings (SSSR count). The van der Waals surface area contributed by atoms with E-state index in [4.69, 9.17) is 9.15 Å². The van der Waals surface area contributed by atoms with Crippen molar-refractivity contribution in [1.29, 1.82) is 0 Å². The summed E-state index contributed by atoms with van der Waals surface area (Å²) in [6, 6.07) is 4.36. The van der Waals surface area contributed by atoms with Crippen LogP contribution in [-0.4, -0.2) is 17.0 Å². The van der Waals surface area contributed by atoms with Gasteiger partial charge in [0.05, 0.1) is 36.5 Å². The molecule has 0 atom stereocenters. The second-order valence-electron chi connectivity index (χ2n) is 3.46. The van der Waals surface area contributed by atoms with Gasteiger partial charge < -0.3 is 14.5 Å². The SMILES string of the molecule is COc1cc([N+](=O)[O-])ccc1NCc1cnco1. The molecule has 18 heavy (non-hydrogen) atoms. The highest BCUT2D eigenvalue weighted by molar-refractivity contribution is 5.60. The zero-order valence-electron chi connectivity index (χ0n) is 9.62. The first-order chi connectivity index (χ1) is 8.70. The number of methoxy groups -OCH3 is 1. The summed E-state index contributed by atoms with van der Waals surface area (Å²) in [5.74, 6) is 1.07. The Labute approximate surface area is 103 Å². The number of nitrogens with zero attached hydrogens (tertiary/aromatic N) is 2. The van der Waals surface area contributed by atoms with Crippen molar-refractivity contribution in [2.45, 2.75) is 6.54 Å². The highest BCUT2D eigenvalue weighted by Crippen LogP contribution is 2.29. The molecule has 0 saturated heterocycles. The van der Waals surface area contributed by atoms with E-state index in [1.807, 2.05) is 0 Å². The third kappa shape index (κ3) is 2.57. The standard InChI is InChI=1S/C11H11N3O4/c1-17-11-4-8(14(15)16)2-3-10(11)13-6-9-5-12-7-18-9/h2-5,7,13H,6H2,1H3. The summed E-state index contributed by atoms with van der Waals surface area (Å²) in [6.07, 6.45) is 2.93. The van der Waals surface area contributed by atoms with Crippen LogP contribution in [0.25, 0.3) is 0 Å². The Morgan fingerprint density at radius 2 is 2.39 bits per heavy atom. The Kier molecular flexibility index (Phi) is 3.42. The smallest absolute Gasteiger partial charge is 0.273 e. The molecular weight excluding hydrogens is 238 g/mol. The molecule has 0 saturated carbocycles. The fraction of sp³-hybridized carbons (Fsp3) is 0.182. The average molecular weight is 249 g/mol. The first-order valence-electron chi connectivity index (χ1n) is 5.14. The summed E-state index contributed by atoms with van der Waals surface area (Å²) in [4.78, 5) is 13.9. The van der Waals surface area contributed by atoms with Gasteiger partial charge in [0.25, 0.3) is 5.69 Å². The van der Waals surface area contributed by atoms with Crippen molar-refractivity contribution in [2.75, 3.05) is 12.4 Å². The van der Waals surface area contributed by atoms with Gasteiger partial charge >= 0.3 is 0 Å². The molecule has 0 amide bonds. The lowest BCUT2D eigenvalue weighted by Gasteiger charge is -2.09. The number of aromatic nitrogens is 1. The van der Waals surface area contributed by atoms with Gasteiger partial charge in [-0.1, -0.05) is 0 Å². The van der Waals surface area contributed by atoms with Gasteiger partial charge in [-0.2, -0.15) is 0 Å². The van der Waals surface area contributed by atoms with Crippen LogP contribution in [0.2, 0.25) is 0 Å². The number of oxazole rings is 1. The molecule has 0 aliphatic heterocycles. The van der Waals surface area contributed by atoms with Crippen molar-refractivity contribution in [3.05, 3.63) is 46.7 Å². The summed E-state index contributed by atoms with van der Waals surface area (Å²) < 4.78 is 10.2. The molecule has 7 heteroatoms. The highest BCUT2D eigenvalue weighted by Gasteiger charge is 2.11. The van der Waals surface area contributed by atoms with E-state index in [-0.39, 0.29) is 5.69 Å². The van der Waals surface area contributed by atoms with E-state index in [2.05, 4.69) is 10.3 Å². The third-order valence-corrected chi connectivity index (χ3v) is 2.33. The lowest BCUT2D eigenvalue weighted by atomic mass is 10.2. The van der Waals surface area contributed by atoms with Gasteiger partial charge in [0.15, 0.2) is 6.39 Å². The first-order valence-corrected chi connectivity index (χ1v) is 5.14. The van der Waals surface area contributed by atoms with Crippen molar-refractivity contribution in [3.8, 4) is 5.75 Å². The van der Waals surface area contributed by atoms with E-state index in [0.717, 1.165) is 0 Å². The molecule has 0 bridgehead atoms. The van der Waals surface area contributed by atoms with Crippen LogP contribution in [0.5, 0.6) is 5.75 Å². The maximum atomic E-state index is 10.6. The van der Waals surface area contributed by atoms with Crippen LogP contribution in [0.15, 0.2) is 35.2 Å². The van der Waals surface area contributed by atoms with E-state index in [1.54, 1.807) is 12.3 Å². The second-order valence-corrected chi connectivity index (χ2v) is 3.46. The lowest BCUT2D eigenvalue weighted by molar-refractivity contribution is -0.384. The summed E-state index contributed by atoms with van der Waals surface area (Å²) in [5, 5.41) is 13.7. The van der Waals surface area contributed by atoms with Crippen molar-refractivity contribution < 1.29 is 14.1 Å². The summed E-state index contributed by atoms with van der Waals surface area (Å²) in [6.45, 7) is 0.425. The Balaban J connectivity index is 2.14. The van der Waals surface area contributed by atoms with Crippen LogP contribution < -0.4 is 10.1 Å². The molecule has 0 aliphatic rings. The highest BCUT2D eigenvalue weighted by atomic mass is 16.6. The maximum absolute atomic E-state index is 10.6. The molecule has 0 unspecified atom stereocenters. The zero-order chi connectivity index (χ0) is 13.0. The fourth-order valence-corrected chi connectivity index (χ4v) is 1.45. The Morgan fingerprint density at radius 1 is 1.56 bits per heavy atom. The third-order valence-electron chi connectivity index (χ3n) is 2.33. The van der Waals surface area contributed by atoms with Gasteiger partial charge in [-0.3, -0.25) is 10.1 Å². The average Bonchev–Trinajstić information content (AvgIpc) is 2.89. The number of non-ortho nitro benzene ring substituents is 1. The van der Waals surface area contributed by atoms with E-state index in [0.29, 0.717) is 23.7 Å². The molecule has 1 heterocycles. The molecule has 7 nitrogen and oxygen atoms in total. The molecular formula is C11H11N3O4. The molecule has 0 radical (unpaired) electrons. The quantitative estimate of drug-likeness (QED) is 0.645. The number of hydrogen-bond donors (Lipinski definition) is 1. The largest absolute Gasteiger partial charge is 0.494 e. The number of nitro benzene ring substituents is 1. The molecule has 94 valence electrons. The van der Waals surface area contributed by atoms with Crippen LogP contribution in [0.1, 0.15) is 5.76 Å². The van der Waals surface area contributed by atoms with Crippen LogP contribution >= 0.6 is 0 Å². The van der Waals surface area contributed by atoms with Crippen LogP contribution in [0, 0.1) is 10.1 Å². The zero-order valence-corrected chi connectivity index (χ0v) is 9.62. The number of ether oxygens (including phenoxy) is 1. The predicted octanol–water partition coefficient (Wildman–Crippen LogP) is 2.20. The monoisotopic (exact) mass is 249 g/mol. The van der Waals surface area contributed by atoms with Crippen LogP contribution in [0.4, 0.5) is 11.4 Å². The maximum Gasteiger partial charge on any atom is 0.273 e. The second kappa shape index (κ2) is 5.17. The number of hydrogen-bond acceptors (Lipinski definition) is 6. The minimum atomic E-state index is -0.469. The molecule has 2 aromatic rings. The normalized spacial score (nSPS) is 10.1. The Morgan fingerprint density at radius 3 is 3.00 bits per heavy atom. The molecule has 1 aromatic heterocycles. The number of nitro groups is 1. The number of benzene rings is 1. The van der Waals surface area contributed by atoms with Gasteiger partial charge in [-0.15, -0.1) is 0 Å². The molecule has 0 spiro atoms. The van der Waals surface area contributed by atoms with E-state index < -0.39 is 4.92 Å². The summed E-state index contributed by atoms with van der Waals surface area (Å²) >= 11 is 0. The molecule has 0 fully saturated rings. The van der Waals surface area contributed by atoms with Gasteiger partial charge in [0, 0.05) is 6.07 Å². The van der Waals surface area contributed by atoms with Gasteiger partial charge in [0.2, 0.25) is 0 Å². The fourth-order valence-electron chi connectivity index (χ4n) is 1.45. The molecule has 1 N–H and O–H groups in total. The van der Waals surface area contributed by atoms with Gasteiger partial charge in [-0.25, -0.2) is 4.98 Å². The molecule has 0 aliphatic carbocycles. The Hall–Kier alpha value is -2.57. The van der Waals surface area contributed by atoms with Crippen molar-refractivity contribution in [1.82, 2.24) is 4.98 Å². The Bertz CT molecular complexity index is 539. The molecule has 1 aromatic carbocycles. The van der Waals surface area contributed by atoms with Crippen molar-refractivity contribution >= 4 is 11.4 Å². The van der Waals surface area contributed by atoms with Gasteiger partial charge in [0.1, 0.15) is 11.5 Å². The van der Waals surface area contributed by atoms with E-state index in [1.165, 1.54) is 25.6 Å². The first kappa shape index (κ1) is 11.9. The van der Waals surface area contributed by atoms with E-state index in [9.17, 15) is 10.1 Å². The minimum Gasteiger partial charge on any atom is -0.494 e. The van der Waals surface area contributed by atoms with Crippen molar-refractivity contribution in [3.63, 3.8) is 0 Å².